The normalized spacial score (nSPS) is 12.7. The molecule has 0 spiro atoms. The molecule has 10 aromatic rings. The van der Waals surface area contributed by atoms with Crippen molar-refractivity contribution in [2.45, 2.75) is 0 Å². The molecule has 2 nitrogen and oxygen atoms in total. The third-order valence-corrected chi connectivity index (χ3v) is 8.75. The Morgan fingerprint density at radius 3 is 1.26 bits per heavy atom. The molecular weight excluding hydrogens is 460 g/mol. The zero-order valence-electron chi connectivity index (χ0n) is 20.4. The number of nitrogens with zero attached hydrogens (tertiary/aromatic N) is 2. The average molecular weight is 481 g/mol. The van der Waals surface area contributed by atoms with Gasteiger partial charge in [0, 0.05) is 43.1 Å². The SMILES string of the molecule is c1ccc(-c2ccc3c(c2)c2c4c5ccccc5n5c6ccccc6c(c6c7ccccc7n3c62)c45)cc1. The largest absolute Gasteiger partial charge is 0.308 e. The molecule has 0 unspecified atom stereocenters. The lowest BCUT2D eigenvalue weighted by atomic mass is 9.96. The fraction of sp³-hybridized carbons (Fsp3) is 0. The summed E-state index contributed by atoms with van der Waals surface area (Å²) in [5.41, 5.74) is 10.3. The second-order valence-corrected chi connectivity index (χ2v) is 10.5. The molecule has 4 heterocycles. The molecule has 2 heteroatoms. The maximum atomic E-state index is 2.52. The monoisotopic (exact) mass is 480 g/mol. The van der Waals surface area contributed by atoms with Gasteiger partial charge in [0.05, 0.1) is 33.1 Å². The first kappa shape index (κ1) is 19.1. The van der Waals surface area contributed by atoms with Gasteiger partial charge in [-0.2, -0.15) is 0 Å². The minimum atomic E-state index is 1.25. The molecule has 0 bridgehead atoms. The van der Waals surface area contributed by atoms with Crippen molar-refractivity contribution in [2.75, 3.05) is 0 Å². The van der Waals surface area contributed by atoms with E-state index >= 15 is 0 Å². The molecule has 10 rings (SSSR count). The summed E-state index contributed by atoms with van der Waals surface area (Å²) in [5, 5.41) is 10.8. The standard InChI is InChI=1S/C36H20N2/c1-2-10-21(11-3-1)22-18-19-30-26(20-22)34-33-25-14-6-8-16-28(25)37-27-15-7-4-12-23(27)31(35(33)37)32-24-13-5-9-17-29(24)38(30)36(32)34/h1-20H. The van der Waals surface area contributed by atoms with Crippen molar-refractivity contribution in [1.82, 2.24) is 8.80 Å². The lowest BCUT2D eigenvalue weighted by Gasteiger charge is -2.05. The molecule has 6 aromatic carbocycles. The van der Waals surface area contributed by atoms with E-state index in [4.69, 9.17) is 0 Å². The number of hydrogen-bond donors (Lipinski definition) is 0. The molecule has 0 aliphatic rings. The Morgan fingerprint density at radius 1 is 0.316 bits per heavy atom. The van der Waals surface area contributed by atoms with Crippen molar-refractivity contribution in [2.24, 2.45) is 0 Å². The number of benzene rings is 6. The van der Waals surface area contributed by atoms with E-state index in [-0.39, 0.29) is 0 Å². The van der Waals surface area contributed by atoms with E-state index in [1.807, 2.05) is 0 Å². The van der Waals surface area contributed by atoms with E-state index in [2.05, 4.69) is 130 Å². The van der Waals surface area contributed by atoms with E-state index in [0.717, 1.165) is 0 Å². The van der Waals surface area contributed by atoms with Crippen molar-refractivity contribution >= 4 is 76.2 Å². The van der Waals surface area contributed by atoms with Gasteiger partial charge in [-0.05, 0) is 41.5 Å². The smallest absolute Gasteiger partial charge is 0.0634 e. The Hall–Kier alpha value is -5.08. The lowest BCUT2D eigenvalue weighted by Crippen LogP contribution is -1.81. The highest BCUT2D eigenvalue weighted by Crippen LogP contribution is 2.51. The Kier molecular flexibility index (Phi) is 3.23. The summed E-state index contributed by atoms with van der Waals surface area (Å²) in [5.74, 6) is 0. The van der Waals surface area contributed by atoms with Crippen LogP contribution in [0.15, 0.2) is 121 Å². The molecule has 174 valence electrons. The van der Waals surface area contributed by atoms with Gasteiger partial charge in [0.25, 0.3) is 0 Å². The third kappa shape index (κ3) is 2.02. The van der Waals surface area contributed by atoms with Crippen molar-refractivity contribution in [3.63, 3.8) is 0 Å². The quantitative estimate of drug-likeness (QED) is 0.221. The van der Waals surface area contributed by atoms with E-state index in [0.29, 0.717) is 0 Å². The molecule has 0 saturated carbocycles. The first-order valence-corrected chi connectivity index (χ1v) is 13.2. The Balaban J connectivity index is 1.61. The first-order valence-electron chi connectivity index (χ1n) is 13.2. The van der Waals surface area contributed by atoms with Crippen LogP contribution in [0.1, 0.15) is 0 Å². The van der Waals surface area contributed by atoms with Gasteiger partial charge in [-0.25, -0.2) is 0 Å². The second kappa shape index (κ2) is 6.42. The Labute approximate surface area is 217 Å². The molecule has 0 atom stereocenters. The van der Waals surface area contributed by atoms with E-state index in [9.17, 15) is 0 Å². The third-order valence-electron chi connectivity index (χ3n) is 8.75. The van der Waals surface area contributed by atoms with Crippen LogP contribution in [0.2, 0.25) is 0 Å². The Bertz CT molecular complexity index is 2540. The number of fused-ring (bicyclic) bond motifs is 14. The summed E-state index contributed by atoms with van der Waals surface area (Å²) in [6.45, 7) is 0. The molecule has 0 saturated heterocycles. The van der Waals surface area contributed by atoms with Crippen LogP contribution in [-0.4, -0.2) is 8.80 Å². The maximum Gasteiger partial charge on any atom is 0.0634 e. The molecule has 0 fully saturated rings. The molecule has 0 aliphatic heterocycles. The maximum absolute atomic E-state index is 2.52. The van der Waals surface area contributed by atoms with Crippen LogP contribution in [-0.2, 0) is 0 Å². The predicted octanol–water partition coefficient (Wildman–Crippen LogP) is 9.65. The van der Waals surface area contributed by atoms with E-state index in [1.54, 1.807) is 0 Å². The summed E-state index contributed by atoms with van der Waals surface area (Å²) < 4.78 is 5.03. The molecule has 0 N–H and O–H groups in total. The average Bonchev–Trinajstić information content (AvgIpc) is 3.70. The van der Waals surface area contributed by atoms with Crippen molar-refractivity contribution in [1.29, 1.82) is 0 Å². The summed E-state index contributed by atoms with van der Waals surface area (Å²) in [6.07, 6.45) is 0. The van der Waals surface area contributed by atoms with Gasteiger partial charge in [-0.15, -0.1) is 0 Å². The molecule has 0 radical (unpaired) electrons. The van der Waals surface area contributed by atoms with Gasteiger partial charge >= 0.3 is 0 Å². The van der Waals surface area contributed by atoms with Crippen LogP contribution < -0.4 is 0 Å². The highest BCUT2D eigenvalue weighted by atomic mass is 14.9. The van der Waals surface area contributed by atoms with Crippen LogP contribution in [0.5, 0.6) is 0 Å². The van der Waals surface area contributed by atoms with Gasteiger partial charge in [-0.1, -0.05) is 91.0 Å². The molecule has 0 amide bonds. The summed E-state index contributed by atoms with van der Waals surface area (Å²) in [7, 11) is 0. The topological polar surface area (TPSA) is 8.82 Å². The first-order chi connectivity index (χ1) is 18.9. The zero-order valence-corrected chi connectivity index (χ0v) is 20.4. The van der Waals surface area contributed by atoms with Gasteiger partial charge in [0.1, 0.15) is 0 Å². The van der Waals surface area contributed by atoms with Crippen molar-refractivity contribution in [3.05, 3.63) is 121 Å². The van der Waals surface area contributed by atoms with Crippen LogP contribution >= 0.6 is 0 Å². The molecule has 0 aliphatic carbocycles. The minimum Gasteiger partial charge on any atom is -0.308 e. The number of rotatable bonds is 1. The van der Waals surface area contributed by atoms with Gasteiger partial charge in [-0.3, -0.25) is 0 Å². The summed E-state index contributed by atoms with van der Waals surface area (Å²) in [6, 6.07) is 44.6. The van der Waals surface area contributed by atoms with Gasteiger partial charge in [0.15, 0.2) is 0 Å². The predicted molar refractivity (Wildman–Crippen MR) is 161 cm³/mol. The molecular formula is C36H20N2. The number of hydrogen-bond acceptors (Lipinski definition) is 0. The summed E-state index contributed by atoms with van der Waals surface area (Å²) >= 11 is 0. The fourth-order valence-corrected chi connectivity index (χ4v) is 7.34. The second-order valence-electron chi connectivity index (χ2n) is 10.5. The highest BCUT2D eigenvalue weighted by molar-refractivity contribution is 6.45. The van der Waals surface area contributed by atoms with Gasteiger partial charge in [0.2, 0.25) is 0 Å². The highest BCUT2D eigenvalue weighted by Gasteiger charge is 2.28. The number of para-hydroxylation sites is 3. The number of aromatic nitrogens is 2. The van der Waals surface area contributed by atoms with Gasteiger partial charge < -0.3 is 8.80 Å². The van der Waals surface area contributed by atoms with Crippen LogP contribution in [0.4, 0.5) is 0 Å². The van der Waals surface area contributed by atoms with Crippen LogP contribution in [0, 0.1) is 0 Å². The van der Waals surface area contributed by atoms with E-state index < -0.39 is 0 Å². The zero-order chi connectivity index (χ0) is 24.5. The molecule has 38 heavy (non-hydrogen) atoms. The Morgan fingerprint density at radius 2 is 0.737 bits per heavy atom. The van der Waals surface area contributed by atoms with Crippen LogP contribution in [0.3, 0.4) is 0 Å². The van der Waals surface area contributed by atoms with Crippen molar-refractivity contribution < 1.29 is 0 Å². The van der Waals surface area contributed by atoms with Crippen molar-refractivity contribution in [3.8, 4) is 11.1 Å². The minimum absolute atomic E-state index is 1.25. The molecule has 4 aromatic heterocycles. The van der Waals surface area contributed by atoms with E-state index in [1.165, 1.54) is 87.3 Å². The fourth-order valence-electron chi connectivity index (χ4n) is 7.34. The summed E-state index contributed by atoms with van der Waals surface area (Å²) in [4.78, 5) is 0. The lowest BCUT2D eigenvalue weighted by molar-refractivity contribution is 1.37. The van der Waals surface area contributed by atoms with Crippen LogP contribution in [0.25, 0.3) is 87.3 Å².